The molecule has 160 valence electrons. The average Bonchev–Trinajstić information content (AvgIpc) is 2.85. The third-order valence-electron chi connectivity index (χ3n) is 5.54. The third-order valence-corrected chi connectivity index (χ3v) is 6.69. The van der Waals surface area contributed by atoms with Gasteiger partial charge in [-0.1, -0.05) is 54.2 Å². The molecule has 1 N–H and O–H groups in total. The van der Waals surface area contributed by atoms with Crippen LogP contribution < -0.4 is 5.32 Å². The Balaban J connectivity index is 1.42. The van der Waals surface area contributed by atoms with Crippen LogP contribution in [0.1, 0.15) is 28.8 Å². The molecule has 0 unspecified atom stereocenters. The Morgan fingerprint density at radius 3 is 2.22 bits per heavy atom. The van der Waals surface area contributed by atoms with Crippen molar-refractivity contribution in [2.75, 3.05) is 18.4 Å². The second-order valence-corrected chi connectivity index (χ2v) is 8.71. The van der Waals surface area contributed by atoms with Crippen LogP contribution in [0.2, 0.25) is 0 Å². The summed E-state index contributed by atoms with van der Waals surface area (Å²) in [7, 11) is 0. The summed E-state index contributed by atoms with van der Waals surface area (Å²) in [6.45, 7) is 1.08. The normalized spacial score (nSPS) is 13.9. The Bertz CT molecular complexity index is 1150. The summed E-state index contributed by atoms with van der Waals surface area (Å²) < 4.78 is 0. The van der Waals surface area contributed by atoms with Gasteiger partial charge in [-0.15, -0.1) is 0 Å². The first kappa shape index (κ1) is 21.7. The maximum Gasteiger partial charge on any atom is 0.255 e. The number of carbonyl (C=O) groups excluding carboxylic acids is 2. The highest BCUT2D eigenvalue weighted by Crippen LogP contribution is 2.33. The van der Waals surface area contributed by atoms with E-state index < -0.39 is 0 Å². The topological polar surface area (TPSA) is 73.2 Å². The zero-order valence-electron chi connectivity index (χ0n) is 17.5. The van der Waals surface area contributed by atoms with Crippen LogP contribution in [0.4, 0.5) is 5.69 Å². The van der Waals surface area contributed by atoms with Gasteiger partial charge in [-0.25, -0.2) is 0 Å². The highest BCUT2D eigenvalue weighted by molar-refractivity contribution is 7.99. The number of carbonyl (C=O) groups is 2. The van der Waals surface area contributed by atoms with Crippen molar-refractivity contribution < 1.29 is 9.59 Å². The van der Waals surface area contributed by atoms with Gasteiger partial charge in [0.15, 0.2) is 0 Å². The van der Waals surface area contributed by atoms with E-state index in [2.05, 4.69) is 11.4 Å². The summed E-state index contributed by atoms with van der Waals surface area (Å²) in [6, 6.07) is 26.5. The number of para-hydroxylation sites is 1. The first-order chi connectivity index (χ1) is 15.7. The fourth-order valence-corrected chi connectivity index (χ4v) is 4.80. The van der Waals surface area contributed by atoms with E-state index in [4.69, 9.17) is 0 Å². The number of nitrogens with one attached hydrogen (secondary N) is 1. The number of nitriles is 1. The molecular weight excluding hydrogens is 418 g/mol. The van der Waals surface area contributed by atoms with Gasteiger partial charge in [0.05, 0.1) is 11.1 Å². The molecule has 3 aromatic rings. The SMILES string of the molecule is N#Cc1ccccc1Sc1ccccc1C(=O)N1CCC(C(=O)Nc2ccccc2)CC1. The molecule has 0 bridgehead atoms. The third kappa shape index (κ3) is 5.01. The van der Waals surface area contributed by atoms with E-state index in [0.717, 1.165) is 15.5 Å². The Morgan fingerprint density at radius 2 is 1.50 bits per heavy atom. The minimum absolute atomic E-state index is 0.00682. The fraction of sp³-hybridized carbons (Fsp3) is 0.192. The molecule has 2 amide bonds. The van der Waals surface area contributed by atoms with Gasteiger partial charge in [-0.3, -0.25) is 9.59 Å². The first-order valence-electron chi connectivity index (χ1n) is 10.6. The molecule has 4 rings (SSSR count). The number of nitrogens with zero attached hydrogens (tertiary/aromatic N) is 2. The van der Waals surface area contributed by atoms with E-state index in [-0.39, 0.29) is 17.7 Å². The average molecular weight is 442 g/mol. The second kappa shape index (κ2) is 10.2. The standard InChI is InChI=1S/C26H23N3O2S/c27-18-20-8-4-6-12-23(20)32-24-13-7-5-11-22(24)26(31)29-16-14-19(15-17-29)25(30)28-21-9-2-1-3-10-21/h1-13,19H,14-17H2,(H,28,30). The van der Waals surface area contributed by atoms with E-state index in [1.807, 2.05) is 77.7 Å². The molecule has 0 spiro atoms. The Kier molecular flexibility index (Phi) is 6.88. The van der Waals surface area contributed by atoms with E-state index in [1.165, 1.54) is 11.8 Å². The Hall–Kier alpha value is -3.56. The fourth-order valence-electron chi connectivity index (χ4n) is 3.78. The smallest absolute Gasteiger partial charge is 0.255 e. The van der Waals surface area contributed by atoms with E-state index >= 15 is 0 Å². The van der Waals surface area contributed by atoms with Crippen LogP contribution in [0.3, 0.4) is 0 Å². The zero-order chi connectivity index (χ0) is 22.3. The molecule has 1 fully saturated rings. The summed E-state index contributed by atoms with van der Waals surface area (Å²) in [4.78, 5) is 29.3. The quantitative estimate of drug-likeness (QED) is 0.591. The molecule has 1 aliphatic rings. The summed E-state index contributed by atoms with van der Waals surface area (Å²) in [5.41, 5.74) is 2.00. The number of amides is 2. The lowest BCUT2D eigenvalue weighted by Gasteiger charge is -2.31. The van der Waals surface area contributed by atoms with Crippen molar-refractivity contribution in [3.8, 4) is 6.07 Å². The molecule has 5 nitrogen and oxygen atoms in total. The van der Waals surface area contributed by atoms with Crippen molar-refractivity contribution in [1.29, 1.82) is 5.26 Å². The van der Waals surface area contributed by atoms with Crippen molar-refractivity contribution in [1.82, 2.24) is 4.90 Å². The van der Waals surface area contributed by atoms with Gasteiger partial charge in [0, 0.05) is 34.5 Å². The molecule has 0 radical (unpaired) electrons. The van der Waals surface area contributed by atoms with Gasteiger partial charge < -0.3 is 10.2 Å². The van der Waals surface area contributed by atoms with Crippen molar-refractivity contribution in [2.45, 2.75) is 22.6 Å². The number of anilines is 1. The van der Waals surface area contributed by atoms with Crippen molar-refractivity contribution in [2.24, 2.45) is 5.92 Å². The molecular formula is C26H23N3O2S. The molecule has 0 atom stereocenters. The number of hydrogen-bond acceptors (Lipinski definition) is 4. The Labute approximate surface area is 192 Å². The van der Waals surface area contributed by atoms with E-state index in [1.54, 1.807) is 6.07 Å². The number of hydrogen-bond donors (Lipinski definition) is 1. The van der Waals surface area contributed by atoms with Crippen LogP contribution in [0.15, 0.2) is 88.7 Å². The van der Waals surface area contributed by atoms with Gasteiger partial charge in [-0.05, 0) is 49.2 Å². The minimum Gasteiger partial charge on any atom is -0.339 e. The highest BCUT2D eigenvalue weighted by Gasteiger charge is 2.29. The van der Waals surface area contributed by atoms with E-state index in [9.17, 15) is 14.9 Å². The molecule has 1 aliphatic heterocycles. The van der Waals surface area contributed by atoms with Crippen molar-refractivity contribution >= 4 is 29.3 Å². The number of rotatable bonds is 5. The van der Waals surface area contributed by atoms with Gasteiger partial charge in [0.25, 0.3) is 5.91 Å². The predicted molar refractivity (Wildman–Crippen MR) is 125 cm³/mol. The number of piperidine rings is 1. The summed E-state index contributed by atoms with van der Waals surface area (Å²) in [6.07, 6.45) is 1.27. The monoisotopic (exact) mass is 441 g/mol. The molecule has 32 heavy (non-hydrogen) atoms. The number of likely N-dealkylation sites (tertiary alicyclic amines) is 1. The largest absolute Gasteiger partial charge is 0.339 e. The molecule has 0 aromatic heterocycles. The van der Waals surface area contributed by atoms with Crippen LogP contribution in [0.5, 0.6) is 0 Å². The lowest BCUT2D eigenvalue weighted by atomic mass is 9.95. The van der Waals surface area contributed by atoms with Crippen LogP contribution in [0.25, 0.3) is 0 Å². The minimum atomic E-state index is -0.105. The maximum absolute atomic E-state index is 13.3. The molecule has 0 aliphatic carbocycles. The zero-order valence-corrected chi connectivity index (χ0v) is 18.3. The summed E-state index contributed by atoms with van der Waals surface area (Å²) in [5.74, 6) is -0.136. The molecule has 6 heteroatoms. The lowest BCUT2D eigenvalue weighted by molar-refractivity contribution is -0.121. The Morgan fingerprint density at radius 1 is 0.875 bits per heavy atom. The van der Waals surface area contributed by atoms with Crippen molar-refractivity contribution in [3.05, 3.63) is 90.0 Å². The van der Waals surface area contributed by atoms with Crippen LogP contribution in [0, 0.1) is 17.2 Å². The van der Waals surface area contributed by atoms with Crippen LogP contribution >= 0.6 is 11.8 Å². The van der Waals surface area contributed by atoms with Crippen LogP contribution in [-0.2, 0) is 4.79 Å². The molecule has 0 saturated carbocycles. The summed E-state index contributed by atoms with van der Waals surface area (Å²) in [5, 5.41) is 12.3. The molecule has 1 saturated heterocycles. The number of benzene rings is 3. The molecule has 1 heterocycles. The lowest BCUT2D eigenvalue weighted by Crippen LogP contribution is -2.41. The van der Waals surface area contributed by atoms with Gasteiger partial charge in [0.2, 0.25) is 5.91 Å². The van der Waals surface area contributed by atoms with Crippen molar-refractivity contribution in [3.63, 3.8) is 0 Å². The first-order valence-corrected chi connectivity index (χ1v) is 11.4. The summed E-state index contributed by atoms with van der Waals surface area (Å²) >= 11 is 1.43. The van der Waals surface area contributed by atoms with Crippen LogP contribution in [-0.4, -0.2) is 29.8 Å². The van der Waals surface area contributed by atoms with Gasteiger partial charge in [0.1, 0.15) is 6.07 Å². The second-order valence-electron chi connectivity index (χ2n) is 7.63. The van der Waals surface area contributed by atoms with Gasteiger partial charge in [-0.2, -0.15) is 5.26 Å². The molecule has 3 aromatic carbocycles. The predicted octanol–water partition coefficient (Wildman–Crippen LogP) is 5.20. The van der Waals surface area contributed by atoms with E-state index in [0.29, 0.717) is 37.1 Å². The maximum atomic E-state index is 13.3. The van der Waals surface area contributed by atoms with Gasteiger partial charge >= 0.3 is 0 Å². The highest BCUT2D eigenvalue weighted by atomic mass is 32.2.